The highest BCUT2D eigenvalue weighted by molar-refractivity contribution is 4.92. The summed E-state index contributed by atoms with van der Waals surface area (Å²) in [6.45, 7) is 11.8. The van der Waals surface area contributed by atoms with Gasteiger partial charge in [0.2, 0.25) is 0 Å². The van der Waals surface area contributed by atoms with E-state index in [-0.39, 0.29) is 0 Å². The van der Waals surface area contributed by atoms with Crippen LogP contribution in [0.2, 0.25) is 0 Å². The SMILES string of the molecule is CC.CCCCCCCn1cc(CCC(C)C)nn1.CN=NC. The number of azo groups is 1. The normalized spacial score (nSPS) is 10.3. The Bertz CT molecular complexity index is 354. The molecule has 23 heavy (non-hydrogen) atoms. The van der Waals surface area contributed by atoms with E-state index in [1.165, 1.54) is 38.5 Å². The smallest absolute Gasteiger partial charge is 0.0827 e. The monoisotopic (exact) mass is 325 g/mol. The Morgan fingerprint density at radius 1 is 1.04 bits per heavy atom. The zero-order chi connectivity index (χ0) is 17.9. The molecule has 0 spiro atoms. The number of hydrogen-bond donors (Lipinski definition) is 0. The van der Waals surface area contributed by atoms with Gasteiger partial charge >= 0.3 is 0 Å². The van der Waals surface area contributed by atoms with Gasteiger partial charge in [-0.2, -0.15) is 10.2 Å². The summed E-state index contributed by atoms with van der Waals surface area (Å²) in [6, 6.07) is 0. The van der Waals surface area contributed by atoms with E-state index in [9.17, 15) is 0 Å². The molecule has 0 fully saturated rings. The van der Waals surface area contributed by atoms with Gasteiger partial charge in [0.05, 0.1) is 5.69 Å². The molecule has 0 atom stereocenters. The summed E-state index contributed by atoms with van der Waals surface area (Å²) >= 11 is 0. The first-order chi connectivity index (χ1) is 11.1. The van der Waals surface area contributed by atoms with Gasteiger partial charge < -0.3 is 0 Å². The zero-order valence-corrected chi connectivity index (χ0v) is 16.5. The Kier molecular flexibility index (Phi) is 19.6. The average Bonchev–Trinajstić information content (AvgIpc) is 3.03. The number of aryl methyl sites for hydroxylation is 2. The van der Waals surface area contributed by atoms with Gasteiger partial charge in [-0.25, -0.2) is 0 Å². The molecule has 136 valence electrons. The highest BCUT2D eigenvalue weighted by Crippen LogP contribution is 2.07. The molecule has 0 aliphatic rings. The summed E-state index contributed by atoms with van der Waals surface area (Å²) in [6.07, 6.45) is 10.9. The van der Waals surface area contributed by atoms with Crippen LogP contribution in [0.3, 0.4) is 0 Å². The van der Waals surface area contributed by atoms with Crippen molar-refractivity contribution in [1.29, 1.82) is 0 Å². The summed E-state index contributed by atoms with van der Waals surface area (Å²) < 4.78 is 2.00. The van der Waals surface area contributed by atoms with E-state index in [1.54, 1.807) is 14.1 Å². The van der Waals surface area contributed by atoms with Crippen molar-refractivity contribution in [3.8, 4) is 0 Å². The summed E-state index contributed by atoms with van der Waals surface area (Å²) in [4.78, 5) is 0. The molecule has 5 nitrogen and oxygen atoms in total. The largest absolute Gasteiger partial charge is 0.252 e. The predicted octanol–water partition coefficient (Wildman–Crippen LogP) is 5.56. The van der Waals surface area contributed by atoms with Crippen LogP contribution in [-0.4, -0.2) is 29.1 Å². The van der Waals surface area contributed by atoms with Crippen LogP contribution in [0.25, 0.3) is 0 Å². The van der Waals surface area contributed by atoms with Gasteiger partial charge in [-0.05, 0) is 25.2 Å². The lowest BCUT2D eigenvalue weighted by atomic mass is 10.1. The fraction of sp³-hybridized carbons (Fsp3) is 0.889. The van der Waals surface area contributed by atoms with Crippen molar-refractivity contribution in [2.75, 3.05) is 14.1 Å². The van der Waals surface area contributed by atoms with Crippen molar-refractivity contribution in [2.24, 2.45) is 16.1 Å². The van der Waals surface area contributed by atoms with E-state index in [0.29, 0.717) is 0 Å². The van der Waals surface area contributed by atoms with Crippen LogP contribution >= 0.6 is 0 Å². The second kappa shape index (κ2) is 18.8. The molecule has 1 aromatic rings. The van der Waals surface area contributed by atoms with E-state index < -0.39 is 0 Å². The summed E-state index contributed by atoms with van der Waals surface area (Å²) in [5.74, 6) is 0.745. The predicted molar refractivity (Wildman–Crippen MR) is 100.0 cm³/mol. The molecule has 0 saturated heterocycles. The third-order valence-corrected chi connectivity index (χ3v) is 3.25. The van der Waals surface area contributed by atoms with Crippen LogP contribution in [0.15, 0.2) is 16.4 Å². The van der Waals surface area contributed by atoms with Crippen molar-refractivity contribution in [3.05, 3.63) is 11.9 Å². The second-order valence-electron chi connectivity index (χ2n) is 5.72. The average molecular weight is 326 g/mol. The molecule has 1 heterocycles. The van der Waals surface area contributed by atoms with Crippen LogP contribution in [0.4, 0.5) is 0 Å². The number of unbranched alkanes of at least 4 members (excludes halogenated alkanes) is 4. The van der Waals surface area contributed by atoms with Crippen LogP contribution < -0.4 is 0 Å². The van der Waals surface area contributed by atoms with E-state index in [1.807, 2.05) is 18.5 Å². The van der Waals surface area contributed by atoms with Gasteiger partial charge in [-0.3, -0.25) is 4.68 Å². The lowest BCUT2D eigenvalue weighted by Crippen LogP contribution is -1.98. The number of nitrogens with zero attached hydrogens (tertiary/aromatic N) is 5. The summed E-state index contributed by atoms with van der Waals surface area (Å²) in [5, 5.41) is 15.1. The van der Waals surface area contributed by atoms with Crippen molar-refractivity contribution >= 4 is 0 Å². The van der Waals surface area contributed by atoms with Gasteiger partial charge in [0, 0.05) is 26.8 Å². The molecule has 0 aliphatic carbocycles. The number of aromatic nitrogens is 3. The zero-order valence-electron chi connectivity index (χ0n) is 16.5. The quantitative estimate of drug-likeness (QED) is 0.441. The van der Waals surface area contributed by atoms with Gasteiger partial charge in [0.25, 0.3) is 0 Å². The first kappa shape index (κ1) is 24.0. The highest BCUT2D eigenvalue weighted by atomic mass is 15.4. The first-order valence-corrected chi connectivity index (χ1v) is 9.20. The molecular formula is C18H39N5. The van der Waals surface area contributed by atoms with Crippen LogP contribution in [0.5, 0.6) is 0 Å². The van der Waals surface area contributed by atoms with E-state index in [0.717, 1.165) is 24.6 Å². The molecule has 0 unspecified atom stereocenters. The van der Waals surface area contributed by atoms with Gasteiger partial charge in [0.15, 0.2) is 0 Å². The van der Waals surface area contributed by atoms with Crippen LogP contribution in [0.1, 0.15) is 78.8 Å². The molecule has 1 rings (SSSR count). The highest BCUT2D eigenvalue weighted by Gasteiger charge is 2.02. The number of rotatable bonds is 9. The lowest BCUT2D eigenvalue weighted by molar-refractivity contribution is 0.521. The minimum atomic E-state index is 0.745. The fourth-order valence-electron chi connectivity index (χ4n) is 1.88. The molecule has 0 saturated carbocycles. The molecule has 0 bridgehead atoms. The Morgan fingerprint density at radius 2 is 1.65 bits per heavy atom. The number of hydrogen-bond acceptors (Lipinski definition) is 4. The van der Waals surface area contributed by atoms with Gasteiger partial charge in [-0.15, -0.1) is 5.10 Å². The summed E-state index contributed by atoms with van der Waals surface area (Å²) in [5.41, 5.74) is 1.15. The van der Waals surface area contributed by atoms with E-state index >= 15 is 0 Å². The lowest BCUT2D eigenvalue weighted by Gasteiger charge is -2.01. The van der Waals surface area contributed by atoms with Gasteiger partial charge in [-0.1, -0.05) is 65.5 Å². The fourth-order valence-corrected chi connectivity index (χ4v) is 1.88. The van der Waals surface area contributed by atoms with E-state index in [4.69, 9.17) is 0 Å². The second-order valence-corrected chi connectivity index (χ2v) is 5.72. The van der Waals surface area contributed by atoms with Crippen LogP contribution in [-0.2, 0) is 13.0 Å². The van der Waals surface area contributed by atoms with Crippen molar-refractivity contribution < 1.29 is 0 Å². The first-order valence-electron chi connectivity index (χ1n) is 9.20. The third-order valence-electron chi connectivity index (χ3n) is 3.25. The summed E-state index contributed by atoms with van der Waals surface area (Å²) in [7, 11) is 3.28. The molecule has 5 heteroatoms. The Balaban J connectivity index is 0. The maximum Gasteiger partial charge on any atom is 0.0827 e. The van der Waals surface area contributed by atoms with Gasteiger partial charge in [0.1, 0.15) is 0 Å². The topological polar surface area (TPSA) is 55.4 Å². The maximum atomic E-state index is 4.22. The molecule has 0 aromatic carbocycles. The minimum Gasteiger partial charge on any atom is -0.252 e. The molecule has 0 aliphatic heterocycles. The molecular weight excluding hydrogens is 286 g/mol. The Labute approximate surface area is 144 Å². The van der Waals surface area contributed by atoms with Crippen molar-refractivity contribution in [3.63, 3.8) is 0 Å². The molecule has 0 radical (unpaired) electrons. The Morgan fingerprint density at radius 3 is 2.17 bits per heavy atom. The minimum absolute atomic E-state index is 0.745. The Hall–Kier alpha value is -1.26. The van der Waals surface area contributed by atoms with E-state index in [2.05, 4.69) is 47.5 Å². The molecule has 0 amide bonds. The third kappa shape index (κ3) is 16.9. The maximum absolute atomic E-state index is 4.22. The van der Waals surface area contributed by atoms with Crippen molar-refractivity contribution in [2.45, 2.75) is 86.1 Å². The van der Waals surface area contributed by atoms with Crippen molar-refractivity contribution in [1.82, 2.24) is 15.0 Å². The molecule has 1 aromatic heterocycles. The molecule has 0 N–H and O–H groups in total. The van der Waals surface area contributed by atoms with Crippen LogP contribution in [0, 0.1) is 5.92 Å². The standard InChI is InChI=1S/C14H27N3.C2H6N2.C2H6/c1-4-5-6-7-8-11-17-12-14(15-16-17)10-9-13(2)3;1-3-4-2;1-2/h12-13H,4-11H2,1-3H3;1-2H3;1-2H3.